The maximum Gasteiger partial charge on any atom is 0.244 e. The van der Waals surface area contributed by atoms with Gasteiger partial charge in [-0.2, -0.15) is 10.1 Å². The molecule has 1 aliphatic carbocycles. The predicted molar refractivity (Wildman–Crippen MR) is 86.3 cm³/mol. The molecule has 2 aromatic rings. The van der Waals surface area contributed by atoms with Gasteiger partial charge >= 0.3 is 0 Å². The lowest BCUT2D eigenvalue weighted by atomic mass is 10.1. The molecule has 2 aromatic heterocycles. The first-order valence-corrected chi connectivity index (χ1v) is 8.80. The number of carbonyl (C=O) groups is 1. The normalized spacial score (nSPS) is 20.7. The van der Waals surface area contributed by atoms with E-state index >= 15 is 0 Å². The van der Waals surface area contributed by atoms with E-state index in [-0.39, 0.29) is 11.9 Å². The summed E-state index contributed by atoms with van der Waals surface area (Å²) in [5, 5.41) is 8.28. The van der Waals surface area contributed by atoms with E-state index in [1.54, 1.807) is 10.9 Å². The highest BCUT2D eigenvalue weighted by Crippen LogP contribution is 2.38. The summed E-state index contributed by atoms with van der Waals surface area (Å²) in [5.41, 5.74) is 1.07. The molecule has 4 rings (SSSR count). The first-order valence-electron chi connectivity index (χ1n) is 8.80. The molecule has 1 unspecified atom stereocenters. The van der Waals surface area contributed by atoms with Crippen molar-refractivity contribution in [2.75, 3.05) is 6.54 Å². The maximum atomic E-state index is 12.6. The van der Waals surface area contributed by atoms with Crippen LogP contribution in [0.2, 0.25) is 0 Å². The van der Waals surface area contributed by atoms with Crippen LogP contribution >= 0.6 is 0 Å². The Balaban J connectivity index is 1.32. The molecule has 0 bridgehead atoms. The van der Waals surface area contributed by atoms with Crippen molar-refractivity contribution in [3.8, 4) is 0 Å². The standard InChI is InChI=1S/C17H23N5O2/c1-12-9-18-21(10-12)11-16(23)22-8-2-3-14(22)6-7-15-19-17(24-20-15)13-4-5-13/h9-10,13-14H,2-8,11H2,1H3. The molecule has 1 saturated heterocycles. The summed E-state index contributed by atoms with van der Waals surface area (Å²) >= 11 is 0. The molecule has 1 aliphatic heterocycles. The van der Waals surface area contributed by atoms with Crippen molar-refractivity contribution < 1.29 is 9.32 Å². The number of likely N-dealkylation sites (tertiary alicyclic amines) is 1. The Kier molecular flexibility index (Phi) is 4.08. The summed E-state index contributed by atoms with van der Waals surface area (Å²) in [5.74, 6) is 2.21. The molecule has 7 nitrogen and oxygen atoms in total. The van der Waals surface area contributed by atoms with Gasteiger partial charge in [-0.1, -0.05) is 5.16 Å². The fourth-order valence-corrected chi connectivity index (χ4v) is 3.41. The predicted octanol–water partition coefficient (Wildman–Crippen LogP) is 2.08. The second-order valence-corrected chi connectivity index (χ2v) is 6.96. The average molecular weight is 329 g/mol. The quantitative estimate of drug-likeness (QED) is 0.811. The molecule has 1 saturated carbocycles. The van der Waals surface area contributed by atoms with Crippen molar-refractivity contribution in [2.45, 2.75) is 64.0 Å². The molecular weight excluding hydrogens is 306 g/mol. The lowest BCUT2D eigenvalue weighted by Gasteiger charge is -2.24. The summed E-state index contributed by atoms with van der Waals surface area (Å²) < 4.78 is 7.02. The Hall–Kier alpha value is -2.18. The van der Waals surface area contributed by atoms with E-state index in [2.05, 4.69) is 15.2 Å². The topological polar surface area (TPSA) is 77.0 Å². The first kappa shape index (κ1) is 15.4. The molecule has 1 amide bonds. The Morgan fingerprint density at radius 1 is 1.38 bits per heavy atom. The Bertz CT molecular complexity index is 718. The number of aromatic nitrogens is 4. The average Bonchev–Trinajstić information content (AvgIpc) is 2.98. The molecule has 1 atom stereocenters. The number of hydrogen-bond acceptors (Lipinski definition) is 5. The molecular formula is C17H23N5O2. The van der Waals surface area contributed by atoms with Crippen LogP contribution in [0.4, 0.5) is 0 Å². The minimum Gasteiger partial charge on any atom is -0.339 e. The van der Waals surface area contributed by atoms with Gasteiger partial charge in [0.25, 0.3) is 0 Å². The van der Waals surface area contributed by atoms with E-state index < -0.39 is 0 Å². The van der Waals surface area contributed by atoms with Crippen LogP contribution in [-0.4, -0.2) is 43.3 Å². The zero-order chi connectivity index (χ0) is 16.5. The highest BCUT2D eigenvalue weighted by atomic mass is 16.5. The first-order chi connectivity index (χ1) is 11.7. The Morgan fingerprint density at radius 2 is 2.25 bits per heavy atom. The molecule has 0 N–H and O–H groups in total. The van der Waals surface area contributed by atoms with Crippen LogP contribution < -0.4 is 0 Å². The van der Waals surface area contributed by atoms with Crippen LogP contribution in [0, 0.1) is 6.92 Å². The summed E-state index contributed by atoms with van der Waals surface area (Å²) in [7, 11) is 0. The Morgan fingerprint density at radius 3 is 3.00 bits per heavy atom. The molecule has 2 fully saturated rings. The highest BCUT2D eigenvalue weighted by Gasteiger charge is 2.31. The maximum absolute atomic E-state index is 12.6. The van der Waals surface area contributed by atoms with Gasteiger partial charge in [-0.25, -0.2) is 0 Å². The molecule has 0 radical (unpaired) electrons. The molecule has 3 heterocycles. The molecule has 24 heavy (non-hydrogen) atoms. The number of carbonyl (C=O) groups excluding carboxylic acids is 1. The van der Waals surface area contributed by atoms with Crippen LogP contribution in [0.1, 0.15) is 55.3 Å². The highest BCUT2D eigenvalue weighted by molar-refractivity contribution is 5.76. The van der Waals surface area contributed by atoms with Gasteiger partial charge in [0.1, 0.15) is 6.54 Å². The fraction of sp³-hybridized carbons (Fsp3) is 0.647. The number of nitrogens with zero attached hydrogens (tertiary/aromatic N) is 5. The second kappa shape index (κ2) is 6.37. The van der Waals surface area contributed by atoms with Crippen molar-refractivity contribution in [3.05, 3.63) is 29.7 Å². The van der Waals surface area contributed by atoms with Gasteiger partial charge in [-0.15, -0.1) is 0 Å². The van der Waals surface area contributed by atoms with Crippen LogP contribution in [0.5, 0.6) is 0 Å². The largest absolute Gasteiger partial charge is 0.339 e. The lowest BCUT2D eigenvalue weighted by molar-refractivity contribution is -0.132. The fourth-order valence-electron chi connectivity index (χ4n) is 3.41. The number of rotatable bonds is 6. The van der Waals surface area contributed by atoms with E-state index in [1.807, 2.05) is 18.0 Å². The van der Waals surface area contributed by atoms with Crippen molar-refractivity contribution >= 4 is 5.91 Å². The van der Waals surface area contributed by atoms with Gasteiger partial charge in [0.2, 0.25) is 11.8 Å². The number of hydrogen-bond donors (Lipinski definition) is 0. The Labute approximate surface area is 141 Å². The minimum absolute atomic E-state index is 0.146. The van der Waals surface area contributed by atoms with E-state index in [0.29, 0.717) is 12.5 Å². The van der Waals surface area contributed by atoms with Crippen molar-refractivity contribution in [1.82, 2.24) is 24.8 Å². The zero-order valence-corrected chi connectivity index (χ0v) is 14.0. The van der Waals surface area contributed by atoms with Crippen LogP contribution in [0.25, 0.3) is 0 Å². The van der Waals surface area contributed by atoms with Gasteiger partial charge in [-0.05, 0) is 44.6 Å². The number of aryl methyl sites for hydroxylation is 2. The molecule has 7 heteroatoms. The van der Waals surface area contributed by atoms with Gasteiger partial charge < -0.3 is 9.42 Å². The summed E-state index contributed by atoms with van der Waals surface area (Å²) in [4.78, 5) is 19.0. The van der Waals surface area contributed by atoms with Gasteiger partial charge in [0.15, 0.2) is 5.82 Å². The van der Waals surface area contributed by atoms with Crippen molar-refractivity contribution in [2.24, 2.45) is 0 Å². The SMILES string of the molecule is Cc1cnn(CC(=O)N2CCCC2CCc2noc(C3CC3)n2)c1. The third-order valence-electron chi connectivity index (χ3n) is 4.87. The summed E-state index contributed by atoms with van der Waals surface area (Å²) in [6.07, 6.45) is 9.80. The third-order valence-corrected chi connectivity index (χ3v) is 4.87. The lowest BCUT2D eigenvalue weighted by Crippen LogP contribution is -2.38. The third kappa shape index (κ3) is 3.34. The monoisotopic (exact) mass is 329 g/mol. The van der Waals surface area contributed by atoms with Crippen LogP contribution in [0.15, 0.2) is 16.9 Å². The van der Waals surface area contributed by atoms with E-state index in [1.165, 1.54) is 12.8 Å². The molecule has 2 aliphatic rings. The molecule has 0 spiro atoms. The smallest absolute Gasteiger partial charge is 0.244 e. The summed E-state index contributed by atoms with van der Waals surface area (Å²) in [6, 6.07) is 0.275. The minimum atomic E-state index is 0.146. The van der Waals surface area contributed by atoms with Gasteiger partial charge in [-0.3, -0.25) is 9.48 Å². The zero-order valence-electron chi connectivity index (χ0n) is 14.0. The van der Waals surface area contributed by atoms with Crippen LogP contribution in [0.3, 0.4) is 0 Å². The van der Waals surface area contributed by atoms with Gasteiger partial charge in [0, 0.05) is 31.1 Å². The van der Waals surface area contributed by atoms with Crippen LogP contribution in [-0.2, 0) is 17.8 Å². The van der Waals surface area contributed by atoms with E-state index in [4.69, 9.17) is 4.52 Å². The number of amides is 1. The van der Waals surface area contributed by atoms with Crippen molar-refractivity contribution in [1.29, 1.82) is 0 Å². The van der Waals surface area contributed by atoms with E-state index in [0.717, 1.165) is 49.5 Å². The second-order valence-electron chi connectivity index (χ2n) is 6.96. The molecule has 0 aromatic carbocycles. The van der Waals surface area contributed by atoms with Gasteiger partial charge in [0.05, 0.1) is 6.20 Å². The molecule has 128 valence electrons. The van der Waals surface area contributed by atoms with Crippen molar-refractivity contribution in [3.63, 3.8) is 0 Å². The van der Waals surface area contributed by atoms with E-state index in [9.17, 15) is 4.79 Å². The summed E-state index contributed by atoms with van der Waals surface area (Å²) in [6.45, 7) is 3.13.